The maximum Gasteiger partial charge on any atom is 0.226 e. The number of methoxy groups -OCH3 is 8. The fourth-order valence-electron chi connectivity index (χ4n) is 11.0. The summed E-state index contributed by atoms with van der Waals surface area (Å²) in [6.45, 7) is 14.9. The van der Waals surface area contributed by atoms with Crippen LogP contribution in [0, 0.1) is 0 Å². The lowest BCUT2D eigenvalue weighted by Crippen LogP contribution is -2.62. The van der Waals surface area contributed by atoms with E-state index in [0.29, 0.717) is 68.3 Å². The third kappa shape index (κ3) is 66.7. The normalized spacial score (nSPS) is 18.3. The SMILES string of the molecule is CCC(COCC(C(S(C)(=O)=O)S(C)(=O)=O)(S(C)(=O)=O)S(C)(=O)=O)OC.CCC(COCC(C(S(C)=O)S(C)=O)(S(C)=O)S(C)=O)OC.CCC(COCC(CS(C)(=O)=O)S(C)(=O)=O)OC.CCC(COCC(CS(C)=O)S(C)=O)OC.CCC(CS(C)(=O)=O)OC.CCC(CS(C)=O)OC.CCC(OC)C(CS(C)(=O)=O)S(C)(=O)=O.CCC(OC)C(CS(C)=O)S(C)=O. The Kier molecular flexibility index (Phi) is 81.5. The van der Waals surface area contributed by atoms with Gasteiger partial charge in [0.15, 0.2) is 67.7 Å². The van der Waals surface area contributed by atoms with Crippen molar-refractivity contribution in [1.29, 1.82) is 0 Å². The van der Waals surface area contributed by atoms with Crippen LogP contribution in [0.25, 0.3) is 0 Å². The quantitative estimate of drug-likeness (QED) is 0.0808. The van der Waals surface area contributed by atoms with Crippen molar-refractivity contribution in [1.82, 2.24) is 0 Å². The molecule has 0 aromatic rings. The highest BCUT2D eigenvalue weighted by molar-refractivity contribution is 8.16. The van der Waals surface area contributed by atoms with Gasteiger partial charge in [-0.25, -0.2) is 75.8 Å². The Morgan fingerprint density at radius 2 is 0.597 bits per heavy atom. The van der Waals surface area contributed by atoms with Gasteiger partial charge in [0.2, 0.25) is 4.08 Å². The van der Waals surface area contributed by atoms with Crippen molar-refractivity contribution in [3.8, 4) is 0 Å². The molecule has 0 heterocycles. The number of hydrogen-bond donors (Lipinski definition) is 0. The summed E-state index contributed by atoms with van der Waals surface area (Å²) in [5.41, 5.74) is 0. The summed E-state index contributed by atoms with van der Waals surface area (Å²) in [5, 5.41) is -2.27. The Morgan fingerprint density at radius 3 is 0.806 bits per heavy atom. The molecule has 129 heavy (non-hydrogen) atoms. The van der Waals surface area contributed by atoms with Crippen LogP contribution in [0.1, 0.15) is 107 Å². The molecule has 39 nitrogen and oxygen atoms in total. The van der Waals surface area contributed by atoms with E-state index in [2.05, 4.69) is 0 Å². The molecule has 0 bridgehead atoms. The van der Waals surface area contributed by atoms with E-state index in [4.69, 9.17) is 56.8 Å². The summed E-state index contributed by atoms with van der Waals surface area (Å²) >= 11 is 0. The molecule has 0 rings (SSSR count). The van der Waals surface area contributed by atoms with E-state index in [1.54, 1.807) is 80.7 Å². The number of hydrogen-bond acceptors (Lipinski definition) is 39. The van der Waals surface area contributed by atoms with Gasteiger partial charge in [-0.05, 0) is 51.4 Å². The summed E-state index contributed by atoms with van der Waals surface area (Å²) in [6.07, 6.45) is 25.4. The van der Waals surface area contributed by atoms with Crippen LogP contribution in [0.15, 0.2) is 0 Å². The average molecular weight is 2230 g/mol. The van der Waals surface area contributed by atoms with E-state index in [1.165, 1.54) is 52.6 Å². The molecule has 0 aromatic carbocycles. The van der Waals surface area contributed by atoms with Gasteiger partial charge in [0.1, 0.15) is 39.3 Å². The van der Waals surface area contributed by atoms with Gasteiger partial charge in [0.05, 0.1) is 135 Å². The predicted octanol–water partition coefficient (Wildman–Crippen LogP) is 0.685. The monoisotopic (exact) mass is 2220 g/mol. The highest BCUT2D eigenvalue weighted by Gasteiger charge is 2.65. The number of sulfone groups is 9. The number of rotatable bonds is 60. The van der Waals surface area contributed by atoms with Crippen molar-refractivity contribution in [2.24, 2.45) is 0 Å². The van der Waals surface area contributed by atoms with Crippen LogP contribution in [0.2, 0.25) is 0 Å². The zero-order chi connectivity index (χ0) is 104. The fourth-order valence-corrected chi connectivity index (χ4v) is 44.2. The highest BCUT2D eigenvalue weighted by atomic mass is 32.3. The summed E-state index contributed by atoms with van der Waals surface area (Å²) in [7, 11) is -34.0. The van der Waals surface area contributed by atoms with Crippen molar-refractivity contribution in [3.05, 3.63) is 0 Å². The molecule has 0 aliphatic rings. The van der Waals surface area contributed by atoms with Gasteiger partial charge < -0.3 is 56.8 Å². The van der Waals surface area contributed by atoms with Gasteiger partial charge in [-0.2, -0.15) is 0 Å². The van der Waals surface area contributed by atoms with Crippen LogP contribution in [-0.2, 0) is 243 Å². The van der Waals surface area contributed by atoms with Gasteiger partial charge in [0, 0.05) is 284 Å². The molecule has 0 N–H and O–H groups in total. The van der Waals surface area contributed by atoms with Gasteiger partial charge >= 0.3 is 0 Å². The van der Waals surface area contributed by atoms with Crippen LogP contribution in [-0.4, -0.2) is 458 Å². The van der Waals surface area contributed by atoms with Crippen LogP contribution in [0.3, 0.4) is 0 Å². The van der Waals surface area contributed by atoms with Crippen LogP contribution in [0.5, 0.6) is 0 Å². The Labute approximate surface area is 799 Å². The first-order valence-corrected chi connectivity index (χ1v) is 72.1. The van der Waals surface area contributed by atoms with Crippen LogP contribution >= 0.6 is 0 Å². The zero-order valence-electron chi connectivity index (χ0n) is 81.9. The maximum absolute atomic E-state index is 12.4. The molecule has 0 saturated heterocycles. The summed E-state index contributed by atoms with van der Waals surface area (Å²) in [6, 6.07) is 0. The second-order valence-electron chi connectivity index (χ2n) is 29.9. The first kappa shape index (κ1) is 145. The Hall–Kier alpha value is 0.420. The van der Waals surface area contributed by atoms with Crippen molar-refractivity contribution in [2.45, 2.75) is 194 Å². The minimum Gasteiger partial charge on any atom is -0.381 e. The van der Waals surface area contributed by atoms with E-state index in [9.17, 15) is 114 Å². The van der Waals surface area contributed by atoms with Gasteiger partial charge in [-0.1, -0.05) is 55.4 Å². The van der Waals surface area contributed by atoms with Crippen LogP contribution < -0.4 is 0 Å². The first-order chi connectivity index (χ1) is 58.4. The maximum atomic E-state index is 12.4. The Morgan fingerprint density at radius 1 is 0.287 bits per heavy atom. The lowest BCUT2D eigenvalue weighted by molar-refractivity contribution is 0.00524. The third-order valence-corrected chi connectivity index (χ3v) is 48.8. The minimum atomic E-state index is -4.77. The van der Waals surface area contributed by atoms with Crippen molar-refractivity contribution < 1.29 is 170 Å². The van der Waals surface area contributed by atoms with Crippen molar-refractivity contribution in [2.75, 3.05) is 257 Å². The van der Waals surface area contributed by atoms with E-state index in [1.807, 2.05) is 41.5 Å². The van der Waals surface area contributed by atoms with Gasteiger partial charge in [-0.15, -0.1) is 0 Å². The largest absolute Gasteiger partial charge is 0.381 e. The Bertz CT molecular complexity index is 4280. The molecular formula is C72H160O39S18. The molecule has 0 aromatic heterocycles. The topological polar surface area (TPSA) is 572 Å². The third-order valence-electron chi connectivity index (χ3n) is 18.5. The molecule has 57 heteroatoms. The predicted molar refractivity (Wildman–Crippen MR) is 530 cm³/mol. The molecule has 0 amide bonds. The fraction of sp³-hybridized carbons (Fsp3) is 1.00. The minimum absolute atomic E-state index is 0.0465. The second-order valence-corrected chi connectivity index (χ2v) is 64.9. The average Bonchev–Trinajstić information content (AvgIpc) is 0.712. The zero-order valence-corrected chi connectivity index (χ0v) is 96.6. The molecule has 0 fully saturated rings. The highest BCUT2D eigenvalue weighted by Crippen LogP contribution is 2.36. The van der Waals surface area contributed by atoms with Crippen molar-refractivity contribution >= 4 is 186 Å². The molecule has 790 valence electrons. The van der Waals surface area contributed by atoms with E-state index >= 15 is 0 Å². The smallest absolute Gasteiger partial charge is 0.226 e. The molecule has 21 unspecified atom stereocenters. The molecule has 0 aliphatic heterocycles. The summed E-state index contributed by atoms with van der Waals surface area (Å²) < 4.78 is 368. The molecular weight excluding hydrogens is 2070 g/mol. The molecule has 0 spiro atoms. The van der Waals surface area contributed by atoms with Crippen molar-refractivity contribution in [3.63, 3.8) is 0 Å². The van der Waals surface area contributed by atoms with E-state index < -0.39 is 244 Å². The lowest BCUT2D eigenvalue weighted by Gasteiger charge is -2.35. The Balaban J connectivity index is -0.000000221. The molecule has 0 saturated carbocycles. The lowest BCUT2D eigenvalue weighted by atomic mass is 10.2. The standard InChI is InChI=1S/C12H26O10S4.C12H26O6S4.C10H22O6S2.C10H22O4S2.C8H18O5S2.C8H18O3S2.C6H14O3S.C6H14O2S/c1-7-10(21-2)8-22-9-12(25(5,17)18,26(6,19)20)11(23(3,13)14)24(4,15)16;1-7-10(17-2)8-18-9-12(21(5)15,22(6)16)11(19(3)13)20(4)14;1-5-9(15-2)6-16-7-10(18(4,13)14)8-17(3,11)12;1-5-9(13-2)6-14-7-10(16(4)12)8-15(3)11;1-5-7(13-2)8(15(4,11)12)6-14(3,9)10;1-5-7(11-2)8(13(4)10)6-12(3)9;1-4-6(9-2)5-10(3,7)8;1-4-6(8-2)5-9(3)7/h10-11H,7-9H2,1-6H3;10-11H,7-9H2,1-6H3;9-10H,5-8H2,1-4H3;9-10H,5-8H2,1-4H3;7-8H,5-6H2,1-4H3;7-8H,5-6H2,1-4H3;6H,4-5H2,1-3H3;6H,4-5H2,1-3H3. The van der Waals surface area contributed by atoms with Gasteiger partial charge in [0.25, 0.3) is 0 Å². The number of ether oxygens (including phenoxy) is 12. The van der Waals surface area contributed by atoms with E-state index in [0.717, 1.165) is 63.5 Å². The van der Waals surface area contributed by atoms with Crippen LogP contribution in [0.4, 0.5) is 0 Å². The summed E-state index contributed by atoms with van der Waals surface area (Å²) in [4.78, 5) is 0. The van der Waals surface area contributed by atoms with E-state index in [-0.39, 0.29) is 85.9 Å². The molecule has 21 atom stereocenters. The van der Waals surface area contributed by atoms with Gasteiger partial charge in [-0.3, -0.25) is 37.9 Å². The first-order valence-electron chi connectivity index (χ1n) is 39.5. The molecule has 0 radical (unpaired) electrons. The molecule has 0 aliphatic carbocycles. The second kappa shape index (κ2) is 72.6. The summed E-state index contributed by atoms with van der Waals surface area (Å²) in [5.74, 6) is 0.850.